The number of H-pyrrole nitrogens is 1. The summed E-state index contributed by atoms with van der Waals surface area (Å²) in [5.41, 5.74) is 2.49. The molecule has 1 aliphatic rings. The number of rotatable bonds is 4. The molecule has 0 bridgehead atoms. The molecular weight excluding hydrogens is 289 g/mol. The Hall–Kier alpha value is -1.63. The van der Waals surface area contributed by atoms with Gasteiger partial charge >= 0.3 is 7.12 Å². The van der Waals surface area contributed by atoms with Crippen molar-refractivity contribution in [3.8, 4) is 0 Å². The number of nitrogens with one attached hydrogen (secondary N) is 2. The number of benzene rings is 1. The summed E-state index contributed by atoms with van der Waals surface area (Å²) < 4.78 is 12.4. The summed E-state index contributed by atoms with van der Waals surface area (Å²) in [5.74, 6) is 0. The maximum absolute atomic E-state index is 6.19. The van der Waals surface area contributed by atoms with Gasteiger partial charge in [-0.05, 0) is 45.8 Å². The molecule has 6 heteroatoms. The van der Waals surface area contributed by atoms with Gasteiger partial charge in [0.15, 0.2) is 0 Å². The number of fused-ring (bicyclic) bond motifs is 1. The Morgan fingerprint density at radius 3 is 2.61 bits per heavy atom. The fraction of sp³-hybridized carbons (Fsp3) is 0.471. The van der Waals surface area contributed by atoms with Crippen LogP contribution in [0.5, 0.6) is 0 Å². The van der Waals surface area contributed by atoms with Crippen LogP contribution in [0.25, 0.3) is 17.0 Å². The highest BCUT2D eigenvalue weighted by Gasteiger charge is 2.52. The fourth-order valence-corrected chi connectivity index (χ4v) is 2.71. The van der Waals surface area contributed by atoms with Crippen LogP contribution < -0.4 is 5.32 Å². The zero-order valence-electron chi connectivity index (χ0n) is 14.4. The topological polar surface area (TPSA) is 59.2 Å². The van der Waals surface area contributed by atoms with Gasteiger partial charge in [0.2, 0.25) is 0 Å². The second-order valence-electron chi connectivity index (χ2n) is 7.02. The van der Waals surface area contributed by atoms with E-state index in [1.165, 1.54) is 0 Å². The monoisotopic (exact) mass is 313 g/mol. The van der Waals surface area contributed by atoms with Crippen LogP contribution in [0.1, 0.15) is 33.3 Å². The van der Waals surface area contributed by atoms with E-state index in [1.54, 1.807) is 0 Å². The standard InChI is InChI=1S/C17H24BN3O2/c1-16(2)17(3,4)23-18(22-16)14(11-19-5)9-12-7-6-8-13-10-20-21-15(12)13/h6-10,19H,11H2,1-5H3,(H,20,21). The molecule has 2 N–H and O–H groups in total. The van der Waals surface area contributed by atoms with Gasteiger partial charge in [0.25, 0.3) is 0 Å². The smallest absolute Gasteiger partial charge is 0.400 e. The maximum Gasteiger partial charge on any atom is 0.491 e. The average Bonchev–Trinajstić information content (AvgIpc) is 3.02. The van der Waals surface area contributed by atoms with Crippen LogP contribution in [0.15, 0.2) is 29.9 Å². The third-order valence-electron chi connectivity index (χ3n) is 4.79. The van der Waals surface area contributed by atoms with E-state index >= 15 is 0 Å². The molecule has 0 saturated carbocycles. The van der Waals surface area contributed by atoms with Crippen molar-refractivity contribution < 1.29 is 9.31 Å². The molecule has 1 aromatic carbocycles. The normalized spacial score (nSPS) is 20.4. The van der Waals surface area contributed by atoms with E-state index < -0.39 is 0 Å². The lowest BCUT2D eigenvalue weighted by molar-refractivity contribution is 0.00578. The lowest BCUT2D eigenvalue weighted by Gasteiger charge is -2.32. The van der Waals surface area contributed by atoms with Crippen LogP contribution >= 0.6 is 0 Å². The number of aromatic nitrogens is 2. The number of hydrogen-bond donors (Lipinski definition) is 2. The molecule has 1 fully saturated rings. The van der Waals surface area contributed by atoms with E-state index in [0.29, 0.717) is 6.54 Å². The lowest BCUT2D eigenvalue weighted by atomic mass is 9.77. The third kappa shape index (κ3) is 2.94. The van der Waals surface area contributed by atoms with Crippen molar-refractivity contribution in [3.05, 3.63) is 35.4 Å². The Balaban J connectivity index is 1.98. The first-order valence-corrected chi connectivity index (χ1v) is 7.97. The van der Waals surface area contributed by atoms with E-state index in [0.717, 1.165) is 21.9 Å². The first-order valence-electron chi connectivity index (χ1n) is 7.97. The summed E-state index contributed by atoms with van der Waals surface area (Å²) in [7, 11) is 1.57. The molecular formula is C17H24BN3O2. The van der Waals surface area contributed by atoms with E-state index in [4.69, 9.17) is 9.31 Å². The van der Waals surface area contributed by atoms with Crippen LogP contribution in [0.4, 0.5) is 0 Å². The second-order valence-corrected chi connectivity index (χ2v) is 7.02. The van der Waals surface area contributed by atoms with Crippen LogP contribution in [0.2, 0.25) is 0 Å². The maximum atomic E-state index is 6.19. The predicted octanol–water partition coefficient (Wildman–Crippen LogP) is 2.80. The zero-order chi connectivity index (χ0) is 16.7. The van der Waals surface area contributed by atoms with Gasteiger partial charge in [0.05, 0.1) is 22.9 Å². The minimum Gasteiger partial charge on any atom is -0.400 e. The fourth-order valence-electron chi connectivity index (χ4n) is 2.71. The van der Waals surface area contributed by atoms with Gasteiger partial charge in [-0.15, -0.1) is 0 Å². The number of para-hydroxylation sites is 1. The van der Waals surface area contributed by atoms with E-state index in [-0.39, 0.29) is 18.3 Å². The van der Waals surface area contributed by atoms with Crippen LogP contribution in [-0.2, 0) is 9.31 Å². The molecule has 5 nitrogen and oxygen atoms in total. The highest BCUT2D eigenvalue weighted by molar-refractivity contribution is 6.56. The van der Waals surface area contributed by atoms with Gasteiger partial charge in [-0.2, -0.15) is 5.10 Å². The molecule has 0 spiro atoms. The zero-order valence-corrected chi connectivity index (χ0v) is 14.4. The molecule has 122 valence electrons. The molecule has 0 radical (unpaired) electrons. The number of aromatic amines is 1. The van der Waals surface area contributed by atoms with Crippen LogP contribution in [-0.4, -0.2) is 42.1 Å². The quantitative estimate of drug-likeness (QED) is 0.852. The van der Waals surface area contributed by atoms with Gasteiger partial charge in [-0.25, -0.2) is 0 Å². The molecule has 1 aromatic heterocycles. The minimum atomic E-state index is -0.356. The van der Waals surface area contributed by atoms with Crippen LogP contribution in [0.3, 0.4) is 0 Å². The summed E-state index contributed by atoms with van der Waals surface area (Å²) in [6, 6.07) is 6.15. The van der Waals surface area contributed by atoms with Crippen LogP contribution in [0, 0.1) is 0 Å². The Morgan fingerprint density at radius 1 is 1.26 bits per heavy atom. The Bertz CT molecular complexity index is 720. The summed E-state index contributed by atoms with van der Waals surface area (Å²) in [5, 5.41) is 11.5. The minimum absolute atomic E-state index is 0.343. The third-order valence-corrected chi connectivity index (χ3v) is 4.79. The van der Waals surface area contributed by atoms with Crippen molar-refractivity contribution >= 4 is 24.1 Å². The highest BCUT2D eigenvalue weighted by atomic mass is 16.7. The predicted molar refractivity (Wildman–Crippen MR) is 94.1 cm³/mol. The summed E-state index contributed by atoms with van der Waals surface area (Å²) >= 11 is 0. The molecule has 23 heavy (non-hydrogen) atoms. The van der Waals surface area contributed by atoms with Crippen molar-refractivity contribution in [2.45, 2.75) is 38.9 Å². The molecule has 1 saturated heterocycles. The van der Waals surface area contributed by atoms with Crippen molar-refractivity contribution in [1.29, 1.82) is 0 Å². The van der Waals surface area contributed by atoms with E-state index in [2.05, 4.69) is 55.4 Å². The van der Waals surface area contributed by atoms with Gasteiger partial charge in [-0.1, -0.05) is 24.3 Å². The van der Waals surface area contributed by atoms with Crippen molar-refractivity contribution in [3.63, 3.8) is 0 Å². The average molecular weight is 313 g/mol. The Morgan fingerprint density at radius 2 is 1.96 bits per heavy atom. The molecule has 0 atom stereocenters. The molecule has 1 aliphatic heterocycles. The lowest BCUT2D eigenvalue weighted by Crippen LogP contribution is -2.41. The van der Waals surface area contributed by atoms with Gasteiger partial charge in [0.1, 0.15) is 0 Å². The largest absolute Gasteiger partial charge is 0.491 e. The van der Waals surface area contributed by atoms with Gasteiger partial charge in [-0.3, -0.25) is 5.10 Å². The molecule has 3 rings (SSSR count). The number of nitrogens with zero attached hydrogens (tertiary/aromatic N) is 1. The van der Waals surface area contributed by atoms with Crippen molar-refractivity contribution in [1.82, 2.24) is 15.5 Å². The van der Waals surface area contributed by atoms with Gasteiger partial charge < -0.3 is 14.6 Å². The van der Waals surface area contributed by atoms with Gasteiger partial charge in [0, 0.05) is 11.9 Å². The van der Waals surface area contributed by atoms with E-state index in [9.17, 15) is 0 Å². The number of likely N-dealkylation sites (N-methyl/N-ethyl adjacent to an activating group) is 1. The molecule has 2 aromatic rings. The first-order chi connectivity index (χ1) is 10.8. The van der Waals surface area contributed by atoms with Crippen molar-refractivity contribution in [2.75, 3.05) is 13.6 Å². The molecule has 0 amide bonds. The Kier molecular flexibility index (Phi) is 4.08. The van der Waals surface area contributed by atoms with Crippen molar-refractivity contribution in [2.24, 2.45) is 0 Å². The number of hydrogen-bond acceptors (Lipinski definition) is 4. The highest BCUT2D eigenvalue weighted by Crippen LogP contribution is 2.38. The van der Waals surface area contributed by atoms with E-state index in [1.807, 2.05) is 25.4 Å². The summed E-state index contributed by atoms with van der Waals surface area (Å²) in [6.45, 7) is 8.97. The second kappa shape index (κ2) is 5.78. The molecule has 0 aliphatic carbocycles. The first kappa shape index (κ1) is 16.2. The summed E-state index contributed by atoms with van der Waals surface area (Å²) in [6.07, 6.45) is 3.96. The SMILES string of the molecule is CNCC(=Cc1cccc2cn[nH]c12)B1OC(C)(C)C(C)(C)O1. The molecule has 0 unspecified atom stereocenters. The Labute approximate surface area is 137 Å². The summed E-state index contributed by atoms with van der Waals surface area (Å²) in [4.78, 5) is 0. The molecule has 2 heterocycles.